The highest BCUT2D eigenvalue weighted by molar-refractivity contribution is 5.95. The molecule has 0 aliphatic rings. The van der Waals surface area contributed by atoms with Crippen molar-refractivity contribution in [2.45, 2.75) is 26.7 Å². The Morgan fingerprint density at radius 3 is 2.30 bits per heavy atom. The molecule has 0 rings (SSSR count). The molecule has 0 bridgehead atoms. The van der Waals surface area contributed by atoms with Crippen LogP contribution in [0.5, 0.6) is 0 Å². The number of rotatable bonds is 4. The first kappa shape index (κ1) is 9.14. The highest BCUT2D eigenvalue weighted by Crippen LogP contribution is 1.91. The standard InChI is InChI=1S/C7H12O3/c1-3-6(8)5-7(9)10-4-2/h3-5H2,1-2H3/i1+1,3+1,6+1. The number of carbonyl (C=O) groups is 2. The average molecular weight is 147 g/mol. The molecule has 0 spiro atoms. The van der Waals surface area contributed by atoms with Crippen molar-refractivity contribution >= 4 is 11.8 Å². The summed E-state index contributed by atoms with van der Waals surface area (Å²) >= 11 is 0. The highest BCUT2D eigenvalue weighted by atomic mass is 16.5. The quantitative estimate of drug-likeness (QED) is 0.337. The maximum absolute atomic E-state index is 10.6. The van der Waals surface area contributed by atoms with Crippen LogP contribution >= 0.6 is 0 Å². The van der Waals surface area contributed by atoms with E-state index in [-0.39, 0.29) is 12.2 Å². The number of hydrogen-bond donors (Lipinski definition) is 0. The van der Waals surface area contributed by atoms with Gasteiger partial charge in [-0.3, -0.25) is 9.59 Å². The van der Waals surface area contributed by atoms with Crippen LogP contribution in [0, 0.1) is 0 Å². The first-order chi connectivity index (χ1) is 4.70. The molecule has 3 nitrogen and oxygen atoms in total. The first-order valence-corrected chi connectivity index (χ1v) is 3.38. The summed E-state index contributed by atoms with van der Waals surface area (Å²) in [5, 5.41) is 0. The Labute approximate surface area is 60.4 Å². The van der Waals surface area contributed by atoms with Crippen LogP contribution in [-0.4, -0.2) is 18.4 Å². The lowest BCUT2D eigenvalue weighted by molar-refractivity contribution is -0.145. The lowest BCUT2D eigenvalue weighted by atomic mass is 10.6. The molecule has 0 amide bonds. The van der Waals surface area contributed by atoms with E-state index in [9.17, 15) is 9.59 Å². The normalized spacial score (nSPS) is 9.00. The first-order valence-electron chi connectivity index (χ1n) is 3.38. The summed E-state index contributed by atoms with van der Waals surface area (Å²) < 4.78 is 4.55. The van der Waals surface area contributed by atoms with E-state index in [0.29, 0.717) is 13.0 Å². The summed E-state index contributed by atoms with van der Waals surface area (Å²) in [5.74, 6) is -0.493. The van der Waals surface area contributed by atoms with Crippen LogP contribution in [0.2, 0.25) is 0 Å². The molecule has 0 radical (unpaired) electrons. The third kappa shape index (κ3) is 4.06. The van der Waals surface area contributed by atoms with Gasteiger partial charge in [-0.05, 0) is 6.92 Å². The minimum Gasteiger partial charge on any atom is -0.466 e. The predicted molar refractivity (Wildman–Crippen MR) is 36.5 cm³/mol. The fourth-order valence-electron chi connectivity index (χ4n) is 0.498. The molecule has 0 fully saturated rings. The van der Waals surface area contributed by atoms with Crippen molar-refractivity contribution < 1.29 is 14.3 Å². The van der Waals surface area contributed by atoms with Gasteiger partial charge in [-0.15, -0.1) is 0 Å². The van der Waals surface area contributed by atoms with Crippen molar-refractivity contribution in [1.82, 2.24) is 0 Å². The van der Waals surface area contributed by atoms with Crippen molar-refractivity contribution in [2.24, 2.45) is 0 Å². The molecule has 0 saturated heterocycles. The minimum absolute atomic E-state index is 0.0709. The molecule has 0 unspecified atom stereocenters. The number of ether oxygens (including phenoxy) is 1. The van der Waals surface area contributed by atoms with Crippen molar-refractivity contribution in [2.75, 3.05) is 6.61 Å². The monoisotopic (exact) mass is 147 g/mol. The SMILES string of the molecule is CCOC(=O)C[13C](=O)[13CH2][13CH3]. The third-order valence-electron chi connectivity index (χ3n) is 1.04. The number of ketones is 1. The Kier molecular flexibility index (Phi) is 4.54. The Balaban J connectivity index is 3.47. The van der Waals surface area contributed by atoms with E-state index < -0.39 is 5.97 Å². The number of hydrogen-bond acceptors (Lipinski definition) is 3. The smallest absolute Gasteiger partial charge is 0.313 e. The maximum atomic E-state index is 10.6. The van der Waals surface area contributed by atoms with Crippen molar-refractivity contribution in [3.63, 3.8) is 0 Å². The molecule has 0 N–H and O–H groups in total. The van der Waals surface area contributed by atoms with Gasteiger partial charge in [-0.25, -0.2) is 0 Å². The Morgan fingerprint density at radius 2 is 1.90 bits per heavy atom. The Hall–Kier alpha value is -0.860. The van der Waals surface area contributed by atoms with E-state index in [4.69, 9.17) is 0 Å². The van der Waals surface area contributed by atoms with E-state index in [1.165, 1.54) is 0 Å². The van der Waals surface area contributed by atoms with Gasteiger partial charge in [0, 0.05) is 6.42 Å². The van der Waals surface area contributed by atoms with Gasteiger partial charge in [0.15, 0.2) is 0 Å². The third-order valence-corrected chi connectivity index (χ3v) is 1.04. The van der Waals surface area contributed by atoms with E-state index in [1.54, 1.807) is 13.8 Å². The predicted octanol–water partition coefficient (Wildman–Crippen LogP) is 0.919. The van der Waals surface area contributed by atoms with Gasteiger partial charge in [-0.1, -0.05) is 6.92 Å². The fourth-order valence-corrected chi connectivity index (χ4v) is 0.498. The summed E-state index contributed by atoms with van der Waals surface area (Å²) in [7, 11) is 0. The molecule has 0 aromatic carbocycles. The van der Waals surface area contributed by atoms with Crippen molar-refractivity contribution in [3.05, 3.63) is 0 Å². The van der Waals surface area contributed by atoms with Crippen molar-refractivity contribution in [1.29, 1.82) is 0 Å². The zero-order chi connectivity index (χ0) is 7.98. The summed E-state index contributed by atoms with van der Waals surface area (Å²) in [5.41, 5.74) is 0. The van der Waals surface area contributed by atoms with Gasteiger partial charge in [0.2, 0.25) is 0 Å². The molecule has 0 aliphatic carbocycles. The maximum Gasteiger partial charge on any atom is 0.313 e. The lowest BCUT2D eigenvalue weighted by Gasteiger charge is -1.97. The molecule has 0 heterocycles. The second-order valence-electron chi connectivity index (χ2n) is 1.87. The number of Topliss-reactive ketones (excluding diaryl/α,β-unsaturated/α-hetero) is 1. The topological polar surface area (TPSA) is 43.4 Å². The van der Waals surface area contributed by atoms with Crippen molar-refractivity contribution in [3.8, 4) is 0 Å². The second-order valence-corrected chi connectivity index (χ2v) is 1.87. The molecular weight excluding hydrogens is 135 g/mol. The molecule has 0 aliphatic heterocycles. The zero-order valence-electron chi connectivity index (χ0n) is 6.35. The minimum atomic E-state index is -0.422. The van der Waals surface area contributed by atoms with Crippen LogP contribution in [0.1, 0.15) is 26.7 Å². The van der Waals surface area contributed by atoms with Crippen LogP contribution in [0.15, 0.2) is 0 Å². The molecule has 0 saturated carbocycles. The van der Waals surface area contributed by atoms with Crippen LogP contribution in [0.25, 0.3) is 0 Å². The van der Waals surface area contributed by atoms with Gasteiger partial charge in [-0.2, -0.15) is 0 Å². The largest absolute Gasteiger partial charge is 0.466 e. The van der Waals surface area contributed by atoms with Crippen LogP contribution < -0.4 is 0 Å². The van der Waals surface area contributed by atoms with Gasteiger partial charge < -0.3 is 4.74 Å². The molecule has 0 atom stereocenters. The molecule has 58 valence electrons. The Bertz CT molecular complexity index is 129. The zero-order valence-corrected chi connectivity index (χ0v) is 6.35. The molecule has 0 aromatic rings. The summed E-state index contributed by atoms with van der Waals surface area (Å²) in [6, 6.07) is 0. The molecular formula is C7H12O3. The average Bonchev–Trinajstić information content (AvgIpc) is 1.88. The van der Waals surface area contributed by atoms with Gasteiger partial charge in [0.25, 0.3) is 0 Å². The summed E-state index contributed by atoms with van der Waals surface area (Å²) in [6.45, 7) is 3.78. The molecule has 10 heavy (non-hydrogen) atoms. The lowest BCUT2D eigenvalue weighted by Crippen LogP contribution is -2.09. The van der Waals surface area contributed by atoms with Crippen LogP contribution in [-0.2, 0) is 14.3 Å². The van der Waals surface area contributed by atoms with Gasteiger partial charge in [0.05, 0.1) is 6.61 Å². The number of esters is 1. The van der Waals surface area contributed by atoms with Gasteiger partial charge >= 0.3 is 5.97 Å². The summed E-state index contributed by atoms with van der Waals surface area (Å²) in [6.07, 6.45) is 0.323. The molecule has 0 aromatic heterocycles. The second kappa shape index (κ2) is 4.97. The number of carbonyl (C=O) groups excluding carboxylic acids is 2. The fraction of sp³-hybridized carbons (Fsp3) is 0.714. The van der Waals surface area contributed by atoms with E-state index in [0.717, 1.165) is 0 Å². The summed E-state index contributed by atoms with van der Waals surface area (Å²) in [4.78, 5) is 21.2. The van der Waals surface area contributed by atoms with E-state index in [2.05, 4.69) is 4.74 Å². The van der Waals surface area contributed by atoms with Crippen LogP contribution in [0.4, 0.5) is 0 Å². The Morgan fingerprint density at radius 1 is 1.30 bits per heavy atom. The van der Waals surface area contributed by atoms with Gasteiger partial charge in [0.1, 0.15) is 12.2 Å². The molecule has 3 heteroatoms. The van der Waals surface area contributed by atoms with E-state index in [1.807, 2.05) is 0 Å². The highest BCUT2D eigenvalue weighted by Gasteiger charge is 2.06. The van der Waals surface area contributed by atoms with E-state index >= 15 is 0 Å². The van der Waals surface area contributed by atoms with Crippen LogP contribution in [0.3, 0.4) is 0 Å².